The first kappa shape index (κ1) is 4.39. The number of hydrogen-bond acceptors (Lipinski definition) is 2. The van der Waals surface area contributed by atoms with E-state index in [2.05, 4.69) is 24.9 Å². The number of likely N-dealkylation sites (N-methyl/N-ethyl adjacent to an activating group) is 1. The molecule has 0 amide bonds. The SMILES string of the molecule is CC1C2=CC(O2)N1C. The second kappa shape index (κ2) is 1.08. The van der Waals surface area contributed by atoms with Gasteiger partial charge in [0, 0.05) is 6.08 Å². The van der Waals surface area contributed by atoms with Crippen LogP contribution in [0, 0.1) is 0 Å². The summed E-state index contributed by atoms with van der Waals surface area (Å²) in [6.07, 6.45) is 2.46. The zero-order chi connectivity index (χ0) is 5.72. The van der Waals surface area contributed by atoms with Gasteiger partial charge in [0.25, 0.3) is 0 Å². The van der Waals surface area contributed by atoms with Crippen molar-refractivity contribution in [1.82, 2.24) is 4.90 Å². The molecular weight excluding hydrogens is 102 g/mol. The molecule has 44 valence electrons. The van der Waals surface area contributed by atoms with Gasteiger partial charge in [-0.25, -0.2) is 0 Å². The van der Waals surface area contributed by atoms with Gasteiger partial charge in [0.2, 0.25) is 0 Å². The lowest BCUT2D eigenvalue weighted by atomic mass is 10.3. The highest BCUT2D eigenvalue weighted by Crippen LogP contribution is 2.34. The van der Waals surface area contributed by atoms with Crippen molar-refractivity contribution in [2.24, 2.45) is 0 Å². The maximum absolute atomic E-state index is 5.26. The molecule has 0 aromatic carbocycles. The van der Waals surface area contributed by atoms with Gasteiger partial charge in [0.15, 0.2) is 6.23 Å². The van der Waals surface area contributed by atoms with E-state index in [-0.39, 0.29) is 0 Å². The van der Waals surface area contributed by atoms with Crippen molar-refractivity contribution in [3.05, 3.63) is 11.8 Å². The van der Waals surface area contributed by atoms with E-state index in [0.29, 0.717) is 12.3 Å². The molecule has 0 aliphatic carbocycles. The number of ether oxygens (including phenoxy) is 1. The summed E-state index contributed by atoms with van der Waals surface area (Å²) in [7, 11) is 2.08. The van der Waals surface area contributed by atoms with E-state index in [1.165, 1.54) is 0 Å². The Balaban J connectivity index is 2.28. The van der Waals surface area contributed by atoms with Gasteiger partial charge >= 0.3 is 0 Å². The molecule has 0 aromatic rings. The molecule has 0 aromatic heterocycles. The van der Waals surface area contributed by atoms with Crippen LogP contribution in [0.25, 0.3) is 0 Å². The van der Waals surface area contributed by atoms with Crippen molar-refractivity contribution >= 4 is 0 Å². The molecule has 0 radical (unpaired) electrons. The predicted molar refractivity (Wildman–Crippen MR) is 30.2 cm³/mol. The van der Waals surface area contributed by atoms with E-state index < -0.39 is 0 Å². The van der Waals surface area contributed by atoms with E-state index >= 15 is 0 Å². The Morgan fingerprint density at radius 2 is 2.38 bits per heavy atom. The van der Waals surface area contributed by atoms with Crippen LogP contribution in [0.15, 0.2) is 11.8 Å². The van der Waals surface area contributed by atoms with E-state index in [1.807, 2.05) is 0 Å². The standard InChI is InChI=1S/C6H9NO/c1-4-5-3-6(8-5)7(4)2/h3-4,6H,1-2H3. The molecule has 2 heteroatoms. The van der Waals surface area contributed by atoms with Gasteiger partial charge in [-0.3, -0.25) is 4.90 Å². The highest BCUT2D eigenvalue weighted by atomic mass is 16.5. The highest BCUT2D eigenvalue weighted by Gasteiger charge is 2.40. The summed E-state index contributed by atoms with van der Waals surface area (Å²) in [5.41, 5.74) is 0. The number of fused-ring (bicyclic) bond motifs is 1. The predicted octanol–water partition coefficient (Wildman–Crippen LogP) is 0.560. The van der Waals surface area contributed by atoms with Gasteiger partial charge in [0.05, 0.1) is 6.04 Å². The van der Waals surface area contributed by atoms with Crippen LogP contribution in [-0.2, 0) is 4.74 Å². The van der Waals surface area contributed by atoms with Crippen LogP contribution in [0.5, 0.6) is 0 Å². The van der Waals surface area contributed by atoms with Gasteiger partial charge in [-0.2, -0.15) is 0 Å². The zero-order valence-electron chi connectivity index (χ0n) is 5.09. The normalized spacial score (nSPS) is 43.0. The first-order valence-electron chi connectivity index (χ1n) is 2.89. The van der Waals surface area contributed by atoms with Gasteiger partial charge in [-0.15, -0.1) is 0 Å². The Kier molecular flexibility index (Phi) is 0.591. The number of hydrogen-bond donors (Lipinski definition) is 0. The fourth-order valence-electron chi connectivity index (χ4n) is 1.14. The maximum Gasteiger partial charge on any atom is 0.175 e. The Morgan fingerprint density at radius 1 is 1.75 bits per heavy atom. The Hall–Kier alpha value is -0.500. The summed E-state index contributed by atoms with van der Waals surface area (Å²) >= 11 is 0. The summed E-state index contributed by atoms with van der Waals surface area (Å²) in [5, 5.41) is 0. The number of nitrogens with zero attached hydrogens (tertiary/aromatic N) is 1. The zero-order valence-corrected chi connectivity index (χ0v) is 5.09. The molecule has 2 unspecified atom stereocenters. The van der Waals surface area contributed by atoms with Crippen LogP contribution in [0.3, 0.4) is 0 Å². The molecule has 3 aliphatic heterocycles. The minimum Gasteiger partial charge on any atom is -0.474 e. The third-order valence-corrected chi connectivity index (χ3v) is 1.99. The van der Waals surface area contributed by atoms with Crippen molar-refractivity contribution in [2.45, 2.75) is 19.2 Å². The topological polar surface area (TPSA) is 12.5 Å². The van der Waals surface area contributed by atoms with Gasteiger partial charge in [-0.1, -0.05) is 0 Å². The molecule has 0 spiro atoms. The van der Waals surface area contributed by atoms with Crippen LogP contribution >= 0.6 is 0 Å². The average molecular weight is 111 g/mol. The molecule has 0 saturated carbocycles. The Morgan fingerprint density at radius 3 is 2.50 bits per heavy atom. The smallest absolute Gasteiger partial charge is 0.175 e. The molecule has 8 heavy (non-hydrogen) atoms. The third-order valence-electron chi connectivity index (χ3n) is 1.99. The van der Waals surface area contributed by atoms with Crippen LogP contribution in [0.2, 0.25) is 0 Å². The van der Waals surface area contributed by atoms with Crippen LogP contribution in [-0.4, -0.2) is 24.2 Å². The molecule has 1 saturated heterocycles. The van der Waals surface area contributed by atoms with E-state index in [4.69, 9.17) is 4.74 Å². The Bertz CT molecular complexity index is 153. The quantitative estimate of drug-likeness (QED) is 0.453. The van der Waals surface area contributed by atoms with E-state index in [0.717, 1.165) is 5.76 Å². The summed E-state index contributed by atoms with van der Waals surface area (Å²) < 4.78 is 5.26. The summed E-state index contributed by atoms with van der Waals surface area (Å²) in [6.45, 7) is 2.15. The number of rotatable bonds is 0. The monoisotopic (exact) mass is 111 g/mol. The van der Waals surface area contributed by atoms with E-state index in [1.54, 1.807) is 0 Å². The molecule has 2 atom stereocenters. The Labute approximate surface area is 48.7 Å². The van der Waals surface area contributed by atoms with Crippen molar-refractivity contribution in [1.29, 1.82) is 0 Å². The minimum atomic E-state index is 0.306. The molecule has 2 nitrogen and oxygen atoms in total. The minimum absolute atomic E-state index is 0.306. The molecular formula is C6H9NO. The summed E-state index contributed by atoms with van der Waals surface area (Å²) in [4.78, 5) is 2.20. The van der Waals surface area contributed by atoms with Crippen molar-refractivity contribution in [3.8, 4) is 0 Å². The molecule has 0 N–H and O–H groups in total. The summed E-state index contributed by atoms with van der Waals surface area (Å²) in [5.74, 6) is 1.15. The largest absolute Gasteiger partial charge is 0.474 e. The van der Waals surface area contributed by atoms with Crippen LogP contribution in [0.1, 0.15) is 6.92 Å². The van der Waals surface area contributed by atoms with E-state index in [9.17, 15) is 0 Å². The van der Waals surface area contributed by atoms with Crippen molar-refractivity contribution < 1.29 is 4.74 Å². The van der Waals surface area contributed by atoms with Gasteiger partial charge in [0.1, 0.15) is 5.76 Å². The average Bonchev–Trinajstić information content (AvgIpc) is 1.89. The van der Waals surface area contributed by atoms with Crippen LogP contribution < -0.4 is 0 Å². The molecule has 3 aliphatic rings. The molecule has 2 bridgehead atoms. The van der Waals surface area contributed by atoms with Gasteiger partial charge in [-0.05, 0) is 14.0 Å². The highest BCUT2D eigenvalue weighted by molar-refractivity contribution is 5.21. The fraction of sp³-hybridized carbons (Fsp3) is 0.667. The second-order valence-electron chi connectivity index (χ2n) is 2.42. The lowest BCUT2D eigenvalue weighted by Gasteiger charge is -2.16. The van der Waals surface area contributed by atoms with Crippen molar-refractivity contribution in [2.75, 3.05) is 7.05 Å². The fourth-order valence-corrected chi connectivity index (χ4v) is 1.14. The first-order valence-corrected chi connectivity index (χ1v) is 2.89. The lowest BCUT2D eigenvalue weighted by Crippen LogP contribution is -2.26. The van der Waals surface area contributed by atoms with Crippen LogP contribution in [0.4, 0.5) is 0 Å². The van der Waals surface area contributed by atoms with Crippen molar-refractivity contribution in [3.63, 3.8) is 0 Å². The molecule has 3 rings (SSSR count). The first-order chi connectivity index (χ1) is 3.79. The molecule has 1 fully saturated rings. The molecule has 3 heterocycles. The summed E-state index contributed by atoms with van der Waals surface area (Å²) in [6, 6.07) is 0.528. The maximum atomic E-state index is 5.26. The third kappa shape index (κ3) is 0.293. The lowest BCUT2D eigenvalue weighted by molar-refractivity contribution is 0.0755. The second-order valence-corrected chi connectivity index (χ2v) is 2.42. The van der Waals surface area contributed by atoms with Gasteiger partial charge < -0.3 is 4.74 Å².